The summed E-state index contributed by atoms with van der Waals surface area (Å²) in [6, 6.07) is 6.82. The molecule has 0 heterocycles. The molecule has 2 saturated carbocycles. The van der Waals surface area contributed by atoms with Gasteiger partial charge in [-0.05, 0) is 91.8 Å². The van der Waals surface area contributed by atoms with E-state index in [9.17, 15) is 4.39 Å². The Labute approximate surface area is 198 Å². The molecule has 4 rings (SSSR count). The van der Waals surface area contributed by atoms with Crippen molar-refractivity contribution in [1.82, 2.24) is 0 Å². The molecular weight excluding hydrogens is 414 g/mol. The van der Waals surface area contributed by atoms with Crippen LogP contribution in [0.2, 0.25) is 0 Å². The van der Waals surface area contributed by atoms with E-state index in [1.807, 2.05) is 31.2 Å². The number of halogens is 2. The summed E-state index contributed by atoms with van der Waals surface area (Å²) < 4.78 is 35.6. The lowest BCUT2D eigenvalue weighted by molar-refractivity contribution is 0.112. The van der Waals surface area contributed by atoms with Gasteiger partial charge >= 0.3 is 0 Å². The molecule has 180 valence electrons. The molecule has 0 radical (unpaired) electrons. The molecule has 0 spiro atoms. The van der Waals surface area contributed by atoms with Crippen molar-refractivity contribution < 1.29 is 13.5 Å². The van der Waals surface area contributed by atoms with E-state index in [-0.39, 0.29) is 17.5 Å². The van der Waals surface area contributed by atoms with E-state index in [0.717, 1.165) is 41.5 Å². The van der Waals surface area contributed by atoms with Gasteiger partial charge in [-0.2, -0.15) is 0 Å². The molecule has 4 atom stereocenters. The minimum absolute atomic E-state index is 0.180. The average molecular weight is 455 g/mol. The van der Waals surface area contributed by atoms with Crippen LogP contribution >= 0.6 is 0 Å². The molecule has 2 aliphatic carbocycles. The van der Waals surface area contributed by atoms with Gasteiger partial charge in [0.1, 0.15) is 12.4 Å². The summed E-state index contributed by atoms with van der Waals surface area (Å²) in [4.78, 5) is 0. The van der Waals surface area contributed by atoms with Crippen LogP contribution in [0.4, 0.5) is 8.78 Å². The Kier molecular flexibility index (Phi) is 8.44. The Morgan fingerprint density at radius 2 is 1.79 bits per heavy atom. The highest BCUT2D eigenvalue weighted by atomic mass is 19.1. The van der Waals surface area contributed by atoms with E-state index in [1.165, 1.54) is 63.9 Å². The van der Waals surface area contributed by atoms with Gasteiger partial charge in [-0.1, -0.05) is 63.7 Å². The average Bonchev–Trinajstić information content (AvgIpc) is 2.83. The molecule has 33 heavy (non-hydrogen) atoms. The van der Waals surface area contributed by atoms with Crippen LogP contribution < -0.4 is 4.74 Å². The molecule has 0 N–H and O–H groups in total. The standard InChI is InChI=1S/C30H40F2O/c1-3-5-7-8-9-21-10-11-23-18-24(13-12-22(23)17-21)26-19-25-14-15-29(33-16-6-4-2)30(32)27(25)20-28(26)31/h4,6,14-15,19-24H,3,5,7-13,16-18H2,1-2H3/b6-4+. The molecule has 2 aromatic rings. The Morgan fingerprint density at radius 3 is 2.61 bits per heavy atom. The van der Waals surface area contributed by atoms with Gasteiger partial charge in [0, 0.05) is 5.39 Å². The van der Waals surface area contributed by atoms with Gasteiger partial charge in [0.2, 0.25) is 0 Å². The van der Waals surface area contributed by atoms with E-state index in [4.69, 9.17) is 4.74 Å². The predicted octanol–water partition coefficient (Wildman–Crippen LogP) is 9.34. The molecule has 2 fully saturated rings. The van der Waals surface area contributed by atoms with Gasteiger partial charge in [0.05, 0.1) is 0 Å². The first-order valence-electron chi connectivity index (χ1n) is 13.3. The highest BCUT2D eigenvalue weighted by Crippen LogP contribution is 2.49. The number of benzene rings is 2. The molecule has 0 amide bonds. The number of hydrogen-bond acceptors (Lipinski definition) is 1. The fourth-order valence-electron chi connectivity index (χ4n) is 6.36. The second-order valence-electron chi connectivity index (χ2n) is 10.4. The highest BCUT2D eigenvalue weighted by Gasteiger charge is 2.36. The molecule has 0 aliphatic heterocycles. The van der Waals surface area contributed by atoms with Crippen LogP contribution in [-0.4, -0.2) is 6.61 Å². The fraction of sp³-hybridized carbons (Fsp3) is 0.600. The number of rotatable bonds is 9. The van der Waals surface area contributed by atoms with Crippen LogP contribution in [0, 0.1) is 29.4 Å². The zero-order chi connectivity index (χ0) is 23.2. The van der Waals surface area contributed by atoms with E-state index in [0.29, 0.717) is 12.0 Å². The summed E-state index contributed by atoms with van der Waals surface area (Å²) >= 11 is 0. The minimum Gasteiger partial charge on any atom is -0.486 e. The Morgan fingerprint density at radius 1 is 0.970 bits per heavy atom. The van der Waals surface area contributed by atoms with Crippen molar-refractivity contribution in [2.45, 2.75) is 90.4 Å². The van der Waals surface area contributed by atoms with Crippen molar-refractivity contribution in [3.63, 3.8) is 0 Å². The molecule has 0 aromatic heterocycles. The first-order valence-corrected chi connectivity index (χ1v) is 13.3. The first-order chi connectivity index (χ1) is 16.1. The van der Waals surface area contributed by atoms with E-state index in [2.05, 4.69) is 6.92 Å². The van der Waals surface area contributed by atoms with Gasteiger partial charge in [0.15, 0.2) is 11.6 Å². The zero-order valence-corrected chi connectivity index (χ0v) is 20.4. The van der Waals surface area contributed by atoms with Crippen LogP contribution in [0.15, 0.2) is 36.4 Å². The predicted molar refractivity (Wildman–Crippen MR) is 134 cm³/mol. The van der Waals surface area contributed by atoms with Crippen molar-refractivity contribution in [3.05, 3.63) is 53.6 Å². The fourth-order valence-corrected chi connectivity index (χ4v) is 6.36. The van der Waals surface area contributed by atoms with Crippen molar-refractivity contribution in [2.75, 3.05) is 6.61 Å². The summed E-state index contributed by atoms with van der Waals surface area (Å²) in [6.07, 6.45) is 17.9. The maximum Gasteiger partial charge on any atom is 0.172 e. The lowest BCUT2D eigenvalue weighted by atomic mass is 9.63. The number of ether oxygens (including phenoxy) is 1. The molecule has 0 saturated heterocycles. The molecule has 0 bridgehead atoms. The van der Waals surface area contributed by atoms with Crippen LogP contribution in [-0.2, 0) is 0 Å². The van der Waals surface area contributed by atoms with Gasteiger partial charge in [0.25, 0.3) is 0 Å². The van der Waals surface area contributed by atoms with Gasteiger partial charge in [-0.3, -0.25) is 0 Å². The van der Waals surface area contributed by atoms with E-state index < -0.39 is 5.82 Å². The van der Waals surface area contributed by atoms with Crippen molar-refractivity contribution in [3.8, 4) is 5.75 Å². The lowest BCUT2D eigenvalue weighted by Gasteiger charge is -2.42. The molecule has 1 nitrogen and oxygen atoms in total. The quantitative estimate of drug-likeness (QED) is 0.271. The summed E-state index contributed by atoms with van der Waals surface area (Å²) in [7, 11) is 0. The van der Waals surface area contributed by atoms with Crippen LogP contribution in [0.25, 0.3) is 10.8 Å². The first kappa shape index (κ1) is 24.2. The normalized spacial score (nSPS) is 25.5. The van der Waals surface area contributed by atoms with Gasteiger partial charge < -0.3 is 4.74 Å². The topological polar surface area (TPSA) is 9.23 Å². The maximum absolute atomic E-state index is 15.2. The monoisotopic (exact) mass is 454 g/mol. The molecule has 4 unspecified atom stereocenters. The Bertz CT molecular complexity index is 950. The lowest BCUT2D eigenvalue weighted by Crippen LogP contribution is -2.30. The van der Waals surface area contributed by atoms with E-state index >= 15 is 4.39 Å². The SMILES string of the molecule is C/C=C/COc1ccc2cc(C3CCC4CC(CCCCCC)CCC4C3)c(F)cc2c1F. The van der Waals surface area contributed by atoms with Crippen LogP contribution in [0.1, 0.15) is 96.0 Å². The highest BCUT2D eigenvalue weighted by molar-refractivity contribution is 5.85. The van der Waals surface area contributed by atoms with Crippen LogP contribution in [0.5, 0.6) is 5.75 Å². The molecule has 3 heteroatoms. The largest absolute Gasteiger partial charge is 0.486 e. The molecule has 2 aromatic carbocycles. The maximum atomic E-state index is 15.2. The Balaban J connectivity index is 1.42. The molecule has 2 aliphatic rings. The summed E-state index contributed by atoms with van der Waals surface area (Å²) in [5.41, 5.74) is 0.782. The van der Waals surface area contributed by atoms with E-state index in [1.54, 1.807) is 6.07 Å². The van der Waals surface area contributed by atoms with Gasteiger partial charge in [-0.25, -0.2) is 8.78 Å². The third-order valence-corrected chi connectivity index (χ3v) is 8.23. The smallest absolute Gasteiger partial charge is 0.172 e. The second-order valence-corrected chi connectivity index (χ2v) is 10.4. The number of unbranched alkanes of at least 4 members (excludes halogenated alkanes) is 3. The van der Waals surface area contributed by atoms with Crippen molar-refractivity contribution in [2.24, 2.45) is 17.8 Å². The zero-order valence-electron chi connectivity index (χ0n) is 20.4. The summed E-state index contributed by atoms with van der Waals surface area (Å²) in [6.45, 7) is 4.48. The third kappa shape index (κ3) is 5.78. The van der Waals surface area contributed by atoms with Crippen LogP contribution in [0.3, 0.4) is 0 Å². The summed E-state index contributed by atoms with van der Waals surface area (Å²) in [5, 5.41) is 1.08. The Hall–Kier alpha value is -1.90. The number of hydrogen-bond donors (Lipinski definition) is 0. The third-order valence-electron chi connectivity index (χ3n) is 8.23. The van der Waals surface area contributed by atoms with Crippen molar-refractivity contribution >= 4 is 10.8 Å². The number of allylic oxidation sites excluding steroid dienone is 1. The van der Waals surface area contributed by atoms with Crippen molar-refractivity contribution in [1.29, 1.82) is 0 Å². The van der Waals surface area contributed by atoms with Gasteiger partial charge in [-0.15, -0.1) is 0 Å². The number of fused-ring (bicyclic) bond motifs is 2. The minimum atomic E-state index is -0.469. The molecular formula is C30H40F2O. The summed E-state index contributed by atoms with van der Waals surface area (Å²) in [5.74, 6) is 2.16. The second kappa shape index (κ2) is 11.5.